The van der Waals surface area contributed by atoms with E-state index in [1.54, 1.807) is 0 Å². The molecule has 0 aromatic heterocycles. The van der Waals surface area contributed by atoms with E-state index >= 15 is 0 Å². The van der Waals surface area contributed by atoms with Crippen LogP contribution in [-0.2, 0) is 9.59 Å². The summed E-state index contributed by atoms with van der Waals surface area (Å²) in [6, 6.07) is -1.43. The van der Waals surface area contributed by atoms with E-state index < -0.39 is 56.7 Å². The monoisotopic (exact) mass is 514 g/mol. The molecule has 1 aromatic rings. The van der Waals surface area contributed by atoms with E-state index in [4.69, 9.17) is 19.9 Å². The quantitative estimate of drug-likeness (QED) is 0.190. The molecule has 0 saturated carbocycles. The molecular weight excluding hydrogens is 496 g/mol. The summed E-state index contributed by atoms with van der Waals surface area (Å²) in [5.41, 5.74) is -2.02. The van der Waals surface area contributed by atoms with Crippen LogP contribution in [0, 0.1) is 30.6 Å². The molecule has 2 N–H and O–H groups in total. The van der Waals surface area contributed by atoms with Crippen molar-refractivity contribution >= 4 is 23.3 Å². The lowest BCUT2D eigenvalue weighted by Gasteiger charge is -2.16. The van der Waals surface area contributed by atoms with Crippen molar-refractivity contribution < 1.29 is 49.3 Å². The maximum absolute atomic E-state index is 12.2. The van der Waals surface area contributed by atoms with Gasteiger partial charge in [-0.05, 0) is 25.7 Å². The summed E-state index contributed by atoms with van der Waals surface area (Å²) in [7, 11) is 0. The van der Waals surface area contributed by atoms with Gasteiger partial charge in [-0.15, -0.1) is 10.0 Å². The van der Waals surface area contributed by atoms with Gasteiger partial charge in [0.05, 0.1) is 32.9 Å². The van der Waals surface area contributed by atoms with E-state index in [0.717, 1.165) is 10.0 Å². The average Bonchev–Trinajstić information content (AvgIpc) is 3.50. The van der Waals surface area contributed by atoms with Crippen LogP contribution in [0.15, 0.2) is 22.7 Å². The van der Waals surface area contributed by atoms with Crippen molar-refractivity contribution in [1.82, 2.24) is 10.0 Å². The number of nitro benzene ring substituents is 2. The van der Waals surface area contributed by atoms with E-state index in [0.29, 0.717) is 25.0 Å². The Balaban J connectivity index is 1.91. The predicted octanol–water partition coefficient (Wildman–Crippen LogP) is 0.944. The van der Waals surface area contributed by atoms with Crippen molar-refractivity contribution in [3.05, 3.63) is 42.8 Å². The third-order valence-corrected chi connectivity index (χ3v) is 5.31. The molecule has 194 valence electrons. The van der Waals surface area contributed by atoms with Gasteiger partial charge in [-0.1, -0.05) is 0 Å². The fourth-order valence-corrected chi connectivity index (χ4v) is 3.64. The van der Waals surface area contributed by atoms with E-state index in [-0.39, 0.29) is 35.9 Å². The average molecular weight is 514 g/mol. The molecule has 2 heterocycles. The summed E-state index contributed by atoms with van der Waals surface area (Å²) < 4.78 is 0. The molecule has 2 aliphatic heterocycles. The molecule has 0 aliphatic carbocycles. The molecule has 0 radical (unpaired) electrons. The Kier molecular flexibility index (Phi) is 7.45. The zero-order valence-electron chi connectivity index (χ0n) is 18.1. The van der Waals surface area contributed by atoms with Crippen LogP contribution >= 0.6 is 0 Å². The summed E-state index contributed by atoms with van der Waals surface area (Å²) in [4.78, 5) is 52.2. The second-order valence-corrected chi connectivity index (χ2v) is 7.47. The van der Waals surface area contributed by atoms with Gasteiger partial charge in [0.15, 0.2) is 12.1 Å². The first-order valence-corrected chi connectivity index (χ1v) is 10.2. The minimum Gasteiger partial charge on any atom is -0.569 e. The second-order valence-electron chi connectivity index (χ2n) is 7.47. The Morgan fingerprint density at radius 3 is 1.53 bits per heavy atom. The number of carboxylic acid groups (broad SMARTS) is 2. The van der Waals surface area contributed by atoms with Gasteiger partial charge in [-0.25, -0.2) is 9.59 Å². The van der Waals surface area contributed by atoms with Crippen molar-refractivity contribution in [3.63, 3.8) is 0 Å². The molecule has 0 amide bonds. The largest absolute Gasteiger partial charge is 0.569 e. The van der Waals surface area contributed by atoms with Crippen molar-refractivity contribution in [2.75, 3.05) is 13.1 Å². The fourth-order valence-electron chi connectivity index (χ4n) is 3.64. The zero-order chi connectivity index (χ0) is 26.6. The molecule has 3 rings (SSSR count). The normalized spacial score (nSPS) is 20.3. The number of carbonyl (C=O) groups is 2. The molecular formula is C16H18N8O12. The van der Waals surface area contributed by atoms with Gasteiger partial charge < -0.3 is 20.6 Å². The van der Waals surface area contributed by atoms with Crippen molar-refractivity contribution in [2.24, 2.45) is 10.6 Å². The minimum absolute atomic E-state index is 0.0100. The number of nitrogens with zero attached hydrogens (tertiary/aromatic N) is 8. The van der Waals surface area contributed by atoms with E-state index in [1.807, 2.05) is 0 Å². The predicted molar refractivity (Wildman–Crippen MR) is 108 cm³/mol. The van der Waals surface area contributed by atoms with Gasteiger partial charge in [0.2, 0.25) is 22.1 Å². The number of rotatable bonds is 10. The molecule has 0 spiro atoms. The first kappa shape index (κ1) is 25.6. The molecule has 2 atom stereocenters. The summed E-state index contributed by atoms with van der Waals surface area (Å²) in [5, 5.41) is 73.2. The van der Waals surface area contributed by atoms with Crippen molar-refractivity contribution in [3.8, 4) is 11.5 Å². The summed E-state index contributed by atoms with van der Waals surface area (Å²) in [6.45, 7) is 0.0200. The number of hydrogen-bond donors (Lipinski definition) is 2. The van der Waals surface area contributed by atoms with Crippen LogP contribution in [0.2, 0.25) is 0 Å². The van der Waals surface area contributed by atoms with Gasteiger partial charge in [0, 0.05) is 6.07 Å². The van der Waals surface area contributed by atoms with E-state index in [9.17, 15) is 40.2 Å². The number of aliphatic carboxylic acids is 2. The van der Waals surface area contributed by atoms with Crippen LogP contribution in [0.1, 0.15) is 25.7 Å². The minimum atomic E-state index is -1.30. The van der Waals surface area contributed by atoms with Crippen LogP contribution in [0.25, 0.3) is 0 Å². The van der Waals surface area contributed by atoms with Crippen LogP contribution in [0.4, 0.5) is 11.4 Å². The number of hydrazine groups is 2. The molecule has 2 saturated heterocycles. The lowest BCUT2D eigenvalue weighted by molar-refractivity contribution is -0.708. The first-order chi connectivity index (χ1) is 17.0. The topological polar surface area (TPSA) is 263 Å². The Labute approximate surface area is 199 Å². The molecule has 20 heteroatoms. The van der Waals surface area contributed by atoms with Crippen LogP contribution in [0.5, 0.6) is 11.5 Å². The SMILES string of the molecule is O=C(O)C1CCCN1/[N+]([O-])=N/Oc1cc(O/N=[N+](\[O-])N2CCCC2C(=O)O)c([N+](=O)[O-])cc1[N+](=O)[O-]. The van der Waals surface area contributed by atoms with Crippen molar-refractivity contribution in [1.29, 1.82) is 0 Å². The van der Waals surface area contributed by atoms with E-state index in [2.05, 4.69) is 10.6 Å². The number of benzene rings is 1. The van der Waals surface area contributed by atoms with Crippen molar-refractivity contribution in [2.45, 2.75) is 37.8 Å². The zero-order valence-corrected chi connectivity index (χ0v) is 18.1. The standard InChI is InChI=1S/C16H18N8O12/c25-15(26)9-3-1-5-19(9)23(33)17-35-13-8-14(12(22(31)32)7-11(13)21(29)30)36-18-24(34)20-6-2-4-10(20)16(27)28/h7-10H,1-6H2,(H,25,26)(H,27,28)/b23-17-,24-18-. The molecule has 1 aromatic carbocycles. The highest BCUT2D eigenvalue weighted by atomic mass is 16.7. The molecule has 2 aliphatic rings. The molecule has 2 fully saturated rings. The van der Waals surface area contributed by atoms with Crippen LogP contribution < -0.4 is 9.68 Å². The number of nitro groups is 2. The lowest BCUT2D eigenvalue weighted by atomic mass is 10.2. The van der Waals surface area contributed by atoms with Crippen LogP contribution in [0.3, 0.4) is 0 Å². The molecule has 0 bridgehead atoms. The first-order valence-electron chi connectivity index (χ1n) is 10.2. The maximum Gasteiger partial charge on any atom is 0.332 e. The smallest absolute Gasteiger partial charge is 0.332 e. The number of carboxylic acids is 2. The number of hydrogen-bond acceptors (Lipinski definition) is 12. The highest BCUT2D eigenvalue weighted by molar-refractivity contribution is 5.73. The highest BCUT2D eigenvalue weighted by Crippen LogP contribution is 2.39. The third kappa shape index (κ3) is 5.37. The van der Waals surface area contributed by atoms with Crippen LogP contribution in [-0.4, -0.2) is 77.1 Å². The maximum atomic E-state index is 12.2. The van der Waals surface area contributed by atoms with Gasteiger partial charge in [-0.2, -0.15) is 0 Å². The third-order valence-electron chi connectivity index (χ3n) is 5.31. The molecule has 20 nitrogen and oxygen atoms in total. The Hall–Kier alpha value is -5.04. The summed E-state index contributed by atoms with van der Waals surface area (Å²) in [6.07, 6.45) is 1.00. The lowest BCUT2D eigenvalue weighted by Crippen LogP contribution is -2.40. The summed E-state index contributed by atoms with van der Waals surface area (Å²) in [5.74, 6) is -4.26. The Morgan fingerprint density at radius 2 is 1.19 bits per heavy atom. The van der Waals surface area contributed by atoms with E-state index in [1.165, 1.54) is 0 Å². The van der Waals surface area contributed by atoms with Gasteiger partial charge in [0.1, 0.15) is 6.07 Å². The Bertz CT molecular complexity index is 1060. The van der Waals surface area contributed by atoms with Gasteiger partial charge >= 0.3 is 23.3 Å². The van der Waals surface area contributed by atoms with Gasteiger partial charge in [0.25, 0.3) is 0 Å². The van der Waals surface area contributed by atoms with Gasteiger partial charge in [-0.3, -0.25) is 29.9 Å². The molecule has 2 unspecified atom stereocenters. The molecule has 36 heavy (non-hydrogen) atoms. The fraction of sp³-hybridized carbons (Fsp3) is 0.500. The highest BCUT2D eigenvalue weighted by Gasteiger charge is 2.38. The summed E-state index contributed by atoms with van der Waals surface area (Å²) >= 11 is 0. The Morgan fingerprint density at radius 1 is 0.806 bits per heavy atom. The second kappa shape index (κ2) is 10.5.